The average Bonchev–Trinajstić information content (AvgIpc) is 2.96. The van der Waals surface area contributed by atoms with Gasteiger partial charge in [0.05, 0.1) is 18.0 Å². The zero-order valence-corrected chi connectivity index (χ0v) is 16.8. The van der Waals surface area contributed by atoms with Crippen molar-refractivity contribution in [2.45, 2.75) is 52.5 Å². The Bertz CT molecular complexity index is 857. The molecule has 0 radical (unpaired) electrons. The fourth-order valence-corrected chi connectivity index (χ4v) is 4.85. The van der Waals surface area contributed by atoms with Gasteiger partial charge in [-0.05, 0) is 51.1 Å². The summed E-state index contributed by atoms with van der Waals surface area (Å²) in [5, 5.41) is 3.65. The van der Waals surface area contributed by atoms with Crippen LogP contribution in [0.25, 0.3) is 10.2 Å². The van der Waals surface area contributed by atoms with Crippen LogP contribution >= 0.6 is 11.3 Å². The molecule has 2 aromatic rings. The smallest absolute Gasteiger partial charge is 0.259 e. The van der Waals surface area contributed by atoms with E-state index in [2.05, 4.69) is 17.2 Å². The number of thiophene rings is 1. The SMILES string of the molecule is CCCNC(=O)CN(C)[C@@H](C)c1nc2sc3c(c2c(=O)[nH]1)CC[C@@H](C)C3. The van der Waals surface area contributed by atoms with Crippen LogP contribution in [0.3, 0.4) is 0 Å². The number of H-pyrrole nitrogens is 1. The van der Waals surface area contributed by atoms with E-state index in [0.29, 0.717) is 18.3 Å². The summed E-state index contributed by atoms with van der Waals surface area (Å²) >= 11 is 1.66. The first kappa shape index (κ1) is 19.0. The molecular weight excluding hydrogens is 348 g/mol. The van der Waals surface area contributed by atoms with Crippen molar-refractivity contribution in [1.29, 1.82) is 0 Å². The highest BCUT2D eigenvalue weighted by Crippen LogP contribution is 2.35. The second-order valence-electron chi connectivity index (χ2n) is 7.42. The van der Waals surface area contributed by atoms with Crippen LogP contribution in [0.5, 0.6) is 0 Å². The predicted molar refractivity (Wildman–Crippen MR) is 106 cm³/mol. The molecule has 6 nitrogen and oxygen atoms in total. The van der Waals surface area contributed by atoms with Crippen LogP contribution in [0.15, 0.2) is 4.79 Å². The molecule has 1 amide bonds. The molecule has 1 aliphatic rings. The third-order valence-electron chi connectivity index (χ3n) is 5.21. The Morgan fingerprint density at radius 3 is 3.00 bits per heavy atom. The molecule has 1 aliphatic carbocycles. The number of nitrogens with one attached hydrogen (secondary N) is 2. The van der Waals surface area contributed by atoms with Gasteiger partial charge in [0, 0.05) is 11.4 Å². The first-order valence-corrected chi connectivity index (χ1v) is 10.2. The van der Waals surface area contributed by atoms with Gasteiger partial charge in [0.2, 0.25) is 5.91 Å². The Morgan fingerprint density at radius 2 is 2.27 bits per heavy atom. The topological polar surface area (TPSA) is 78.1 Å². The van der Waals surface area contributed by atoms with Crippen molar-refractivity contribution in [3.8, 4) is 0 Å². The highest BCUT2D eigenvalue weighted by molar-refractivity contribution is 7.18. The molecule has 2 N–H and O–H groups in total. The first-order chi connectivity index (χ1) is 12.4. The largest absolute Gasteiger partial charge is 0.355 e. The third-order valence-corrected chi connectivity index (χ3v) is 6.35. The molecule has 0 saturated carbocycles. The minimum Gasteiger partial charge on any atom is -0.355 e. The molecule has 0 bridgehead atoms. The molecule has 0 aliphatic heterocycles. The van der Waals surface area contributed by atoms with Gasteiger partial charge in [0.25, 0.3) is 5.56 Å². The predicted octanol–water partition coefficient (Wildman–Crippen LogP) is 2.63. The number of aromatic amines is 1. The number of aryl methyl sites for hydroxylation is 1. The number of nitrogens with zero attached hydrogens (tertiary/aromatic N) is 2. The Kier molecular flexibility index (Phi) is 5.77. The van der Waals surface area contributed by atoms with Crippen molar-refractivity contribution in [3.63, 3.8) is 0 Å². The van der Waals surface area contributed by atoms with Crippen LogP contribution in [0.2, 0.25) is 0 Å². The number of hydrogen-bond donors (Lipinski definition) is 2. The molecule has 0 aromatic carbocycles. The van der Waals surface area contributed by atoms with Crippen LogP contribution in [-0.4, -0.2) is 40.9 Å². The Balaban J connectivity index is 1.84. The zero-order valence-electron chi connectivity index (χ0n) is 16.0. The molecule has 142 valence electrons. The van der Waals surface area contributed by atoms with Gasteiger partial charge in [-0.15, -0.1) is 11.3 Å². The van der Waals surface area contributed by atoms with E-state index in [1.165, 1.54) is 10.4 Å². The lowest BCUT2D eigenvalue weighted by atomic mass is 9.89. The second kappa shape index (κ2) is 7.88. The molecule has 0 saturated heterocycles. The maximum absolute atomic E-state index is 12.7. The van der Waals surface area contributed by atoms with Crippen molar-refractivity contribution in [2.75, 3.05) is 20.1 Å². The Labute approximate surface area is 158 Å². The highest BCUT2D eigenvalue weighted by atomic mass is 32.1. The second-order valence-corrected chi connectivity index (χ2v) is 8.51. The van der Waals surface area contributed by atoms with E-state index in [0.717, 1.165) is 35.9 Å². The standard InChI is InChI=1S/C19H28N4O2S/c1-5-8-20-15(24)10-23(4)12(3)17-21-18(25)16-13-7-6-11(2)9-14(13)26-19(16)22-17/h11-12H,5-10H2,1-4H3,(H,20,24)(H,21,22,25)/t11-,12+/m1/s1. The van der Waals surface area contributed by atoms with Crippen LogP contribution in [0.1, 0.15) is 55.9 Å². The molecule has 2 heterocycles. The van der Waals surface area contributed by atoms with Crippen LogP contribution in [-0.2, 0) is 17.6 Å². The molecule has 26 heavy (non-hydrogen) atoms. The summed E-state index contributed by atoms with van der Waals surface area (Å²) in [5.74, 6) is 1.28. The fourth-order valence-electron chi connectivity index (χ4n) is 3.46. The minimum atomic E-state index is -0.141. The minimum absolute atomic E-state index is 0.00907. The van der Waals surface area contributed by atoms with Crippen molar-refractivity contribution >= 4 is 27.5 Å². The van der Waals surface area contributed by atoms with E-state index in [9.17, 15) is 9.59 Å². The monoisotopic (exact) mass is 376 g/mol. The Morgan fingerprint density at radius 1 is 1.50 bits per heavy atom. The van der Waals surface area contributed by atoms with Gasteiger partial charge in [-0.3, -0.25) is 14.5 Å². The molecule has 0 fully saturated rings. The molecule has 3 rings (SSSR count). The number of carbonyl (C=O) groups excluding carboxylic acids is 1. The molecule has 0 spiro atoms. The Hall–Kier alpha value is -1.73. The van der Waals surface area contributed by atoms with Gasteiger partial charge < -0.3 is 10.3 Å². The summed E-state index contributed by atoms with van der Waals surface area (Å²) in [4.78, 5) is 36.4. The number of rotatable bonds is 6. The summed E-state index contributed by atoms with van der Waals surface area (Å²) < 4.78 is 0. The highest BCUT2D eigenvalue weighted by Gasteiger charge is 2.24. The van der Waals surface area contributed by atoms with Gasteiger partial charge >= 0.3 is 0 Å². The molecule has 2 atom stereocenters. The lowest BCUT2D eigenvalue weighted by molar-refractivity contribution is -0.122. The first-order valence-electron chi connectivity index (χ1n) is 9.42. The molecule has 0 unspecified atom stereocenters. The van der Waals surface area contributed by atoms with E-state index in [1.54, 1.807) is 11.3 Å². The number of amides is 1. The quantitative estimate of drug-likeness (QED) is 0.812. The summed E-state index contributed by atoms with van der Waals surface area (Å²) in [6.07, 6.45) is 4.05. The molecule has 7 heteroatoms. The third kappa shape index (κ3) is 3.83. The number of likely N-dealkylation sites (N-methyl/N-ethyl adjacent to an activating group) is 1. The summed E-state index contributed by atoms with van der Waals surface area (Å²) in [5.41, 5.74) is 1.15. The van der Waals surface area contributed by atoms with E-state index in [1.807, 2.05) is 25.8 Å². The number of carbonyl (C=O) groups is 1. The van der Waals surface area contributed by atoms with Gasteiger partial charge in [0.1, 0.15) is 10.7 Å². The van der Waals surface area contributed by atoms with Gasteiger partial charge in [0.15, 0.2) is 0 Å². The normalized spacial score (nSPS) is 18.1. The average molecular weight is 377 g/mol. The van der Waals surface area contributed by atoms with Crippen LogP contribution in [0, 0.1) is 5.92 Å². The van der Waals surface area contributed by atoms with Gasteiger partial charge in [-0.1, -0.05) is 13.8 Å². The maximum atomic E-state index is 12.7. The van der Waals surface area contributed by atoms with Crippen molar-refractivity contribution in [2.24, 2.45) is 5.92 Å². The summed E-state index contributed by atoms with van der Waals surface area (Å²) in [6, 6.07) is -0.141. The van der Waals surface area contributed by atoms with Crippen molar-refractivity contribution < 1.29 is 4.79 Å². The van der Waals surface area contributed by atoms with Crippen LogP contribution < -0.4 is 10.9 Å². The summed E-state index contributed by atoms with van der Waals surface area (Å²) in [6.45, 7) is 7.21. The lowest BCUT2D eigenvalue weighted by Gasteiger charge is -2.23. The van der Waals surface area contributed by atoms with Gasteiger partial charge in [-0.2, -0.15) is 0 Å². The number of aromatic nitrogens is 2. The van der Waals surface area contributed by atoms with Crippen molar-refractivity contribution in [1.82, 2.24) is 20.2 Å². The number of fused-ring (bicyclic) bond motifs is 3. The summed E-state index contributed by atoms with van der Waals surface area (Å²) in [7, 11) is 1.88. The number of hydrogen-bond acceptors (Lipinski definition) is 5. The van der Waals surface area contributed by atoms with Gasteiger partial charge in [-0.25, -0.2) is 4.98 Å². The lowest BCUT2D eigenvalue weighted by Crippen LogP contribution is -2.37. The van der Waals surface area contributed by atoms with E-state index < -0.39 is 0 Å². The molecule has 2 aromatic heterocycles. The molecular formula is C19H28N4O2S. The fraction of sp³-hybridized carbons (Fsp3) is 0.632. The zero-order chi connectivity index (χ0) is 18.8. The van der Waals surface area contributed by atoms with Crippen LogP contribution in [0.4, 0.5) is 0 Å². The van der Waals surface area contributed by atoms with E-state index >= 15 is 0 Å². The van der Waals surface area contributed by atoms with E-state index in [4.69, 9.17) is 4.98 Å². The maximum Gasteiger partial charge on any atom is 0.259 e. The van der Waals surface area contributed by atoms with Crippen molar-refractivity contribution in [3.05, 3.63) is 26.6 Å². The van der Waals surface area contributed by atoms with E-state index in [-0.39, 0.29) is 24.1 Å².